The van der Waals surface area contributed by atoms with Crippen LogP contribution in [0.1, 0.15) is 10.4 Å². The van der Waals surface area contributed by atoms with Crippen LogP contribution < -0.4 is 15.4 Å². The predicted octanol–water partition coefficient (Wildman–Crippen LogP) is 8.49. The monoisotopic (exact) mass is 554 g/mol. The topological polar surface area (TPSA) is 67.4 Å². The third kappa shape index (κ3) is 5.13. The molecule has 3 amide bonds. The summed E-state index contributed by atoms with van der Waals surface area (Å²) < 4.78 is 33.5. The van der Waals surface area contributed by atoms with Crippen molar-refractivity contribution >= 4 is 74.8 Å². The Labute approximate surface area is 217 Å². The number of rotatable bonds is 4. The number of hydrogen-bond acceptors (Lipinski definition) is 3. The molecule has 4 aromatic rings. The van der Waals surface area contributed by atoms with Crippen molar-refractivity contribution < 1.29 is 23.1 Å². The first kappa shape index (κ1) is 25.0. The zero-order chi connectivity index (χ0) is 25.3. The van der Waals surface area contributed by atoms with Crippen LogP contribution in [0.4, 0.5) is 19.3 Å². The number of imide groups is 1. The van der Waals surface area contributed by atoms with Gasteiger partial charge in [0.25, 0.3) is 5.91 Å². The van der Waals surface area contributed by atoms with Gasteiger partial charge in [-0.2, -0.15) is 0 Å². The molecular weight excluding hydrogens is 544 g/mol. The lowest BCUT2D eigenvalue weighted by atomic mass is 10.1. The first-order valence-electron chi connectivity index (χ1n) is 9.76. The van der Waals surface area contributed by atoms with Crippen molar-refractivity contribution in [2.24, 2.45) is 0 Å². The lowest BCUT2D eigenvalue weighted by Crippen LogP contribution is -2.35. The molecule has 0 saturated carbocycles. The minimum absolute atomic E-state index is 0.0137. The Bertz CT molecular complexity index is 1480. The highest BCUT2D eigenvalue weighted by Crippen LogP contribution is 2.46. The van der Waals surface area contributed by atoms with Crippen LogP contribution >= 0.6 is 46.4 Å². The van der Waals surface area contributed by atoms with Gasteiger partial charge >= 0.3 is 6.03 Å². The Kier molecular flexibility index (Phi) is 7.33. The highest BCUT2D eigenvalue weighted by atomic mass is 35.5. The molecule has 0 radical (unpaired) electrons. The summed E-state index contributed by atoms with van der Waals surface area (Å²) in [6, 6.07) is 13.5. The second kappa shape index (κ2) is 10.3. The van der Waals surface area contributed by atoms with E-state index in [1.807, 2.05) is 23.5 Å². The maximum atomic E-state index is 13.8. The van der Waals surface area contributed by atoms with Crippen LogP contribution in [0.25, 0.3) is 10.8 Å². The highest BCUT2D eigenvalue weighted by molar-refractivity contribution is 6.47. The summed E-state index contributed by atoms with van der Waals surface area (Å²) in [5.74, 6) is -3.13. The SMILES string of the molecule is O=C(NC(=O)c1c(F)cccc1F)Nc1cc(Cl)c(Oc2ccc(Cl)c3ccccc23)c(Cl)c1Cl. The van der Waals surface area contributed by atoms with E-state index < -0.39 is 29.1 Å². The molecule has 0 aliphatic carbocycles. The fourth-order valence-electron chi connectivity index (χ4n) is 3.23. The normalized spacial score (nSPS) is 10.8. The van der Waals surface area contributed by atoms with Crippen LogP contribution in [0, 0.1) is 11.6 Å². The van der Waals surface area contributed by atoms with Gasteiger partial charge in [0.15, 0.2) is 5.75 Å². The van der Waals surface area contributed by atoms with E-state index in [2.05, 4.69) is 5.32 Å². The van der Waals surface area contributed by atoms with E-state index in [4.69, 9.17) is 51.1 Å². The van der Waals surface area contributed by atoms with Crippen LogP contribution in [0.5, 0.6) is 11.5 Å². The highest BCUT2D eigenvalue weighted by Gasteiger charge is 2.22. The molecule has 4 rings (SSSR count). The number of urea groups is 1. The van der Waals surface area contributed by atoms with Gasteiger partial charge in [0.2, 0.25) is 0 Å². The molecule has 0 atom stereocenters. The Morgan fingerprint density at radius 1 is 0.771 bits per heavy atom. The molecule has 5 nitrogen and oxygen atoms in total. The van der Waals surface area contributed by atoms with Crippen molar-refractivity contribution in [3.63, 3.8) is 0 Å². The third-order valence-corrected chi connectivity index (χ3v) is 6.28. The number of ether oxygens (including phenoxy) is 1. The van der Waals surface area contributed by atoms with Crippen molar-refractivity contribution in [3.8, 4) is 11.5 Å². The van der Waals surface area contributed by atoms with Gasteiger partial charge < -0.3 is 10.1 Å². The third-order valence-electron chi connectivity index (χ3n) is 4.82. The number of amides is 3. The Morgan fingerprint density at radius 2 is 1.43 bits per heavy atom. The maximum absolute atomic E-state index is 13.8. The van der Waals surface area contributed by atoms with E-state index in [0.717, 1.165) is 23.6 Å². The zero-order valence-corrected chi connectivity index (χ0v) is 20.3. The number of carbonyl (C=O) groups is 2. The molecule has 0 fully saturated rings. The second-order valence-corrected chi connectivity index (χ2v) is 8.63. The molecule has 0 bridgehead atoms. The number of nitrogens with one attached hydrogen (secondary N) is 2. The summed E-state index contributed by atoms with van der Waals surface area (Å²) in [7, 11) is 0. The first-order chi connectivity index (χ1) is 16.7. The van der Waals surface area contributed by atoms with Crippen molar-refractivity contribution in [2.45, 2.75) is 0 Å². The van der Waals surface area contributed by atoms with Gasteiger partial charge in [-0.15, -0.1) is 0 Å². The quantitative estimate of drug-likeness (QED) is 0.248. The summed E-state index contributed by atoms with van der Waals surface area (Å²) in [6.45, 7) is 0. The number of hydrogen-bond donors (Lipinski definition) is 2. The average molecular weight is 556 g/mol. The molecule has 2 N–H and O–H groups in total. The van der Waals surface area contributed by atoms with Gasteiger partial charge in [0, 0.05) is 15.8 Å². The van der Waals surface area contributed by atoms with Crippen molar-refractivity contribution in [2.75, 3.05) is 5.32 Å². The number of halogens is 6. The lowest BCUT2D eigenvalue weighted by molar-refractivity contribution is 0.0959. The lowest BCUT2D eigenvalue weighted by Gasteiger charge is -2.16. The van der Waals surface area contributed by atoms with Crippen LogP contribution in [-0.4, -0.2) is 11.9 Å². The predicted molar refractivity (Wildman–Crippen MR) is 133 cm³/mol. The standard InChI is InChI=1S/C24H12Cl4F2N2O3/c25-13-8-9-18(12-5-2-1-4-11(12)13)35-22-14(26)10-17(20(27)21(22)28)31-24(34)32-23(33)19-15(29)6-3-7-16(19)30/h1-10H,(H2,31,32,33,34). The summed E-state index contributed by atoms with van der Waals surface area (Å²) in [5.41, 5.74) is -0.988. The van der Waals surface area contributed by atoms with E-state index in [0.29, 0.717) is 16.2 Å². The van der Waals surface area contributed by atoms with E-state index in [-0.39, 0.29) is 26.5 Å². The van der Waals surface area contributed by atoms with Gasteiger partial charge in [0.1, 0.15) is 28.0 Å². The largest absolute Gasteiger partial charge is 0.454 e. The molecule has 0 spiro atoms. The summed E-state index contributed by atoms with van der Waals surface area (Å²) in [5, 5.41) is 5.77. The smallest absolute Gasteiger partial charge is 0.326 e. The summed E-state index contributed by atoms with van der Waals surface area (Å²) in [4.78, 5) is 24.4. The Morgan fingerprint density at radius 3 is 2.11 bits per heavy atom. The van der Waals surface area contributed by atoms with Crippen molar-refractivity contribution in [1.29, 1.82) is 0 Å². The molecule has 0 saturated heterocycles. The average Bonchev–Trinajstić information content (AvgIpc) is 2.81. The first-order valence-corrected chi connectivity index (χ1v) is 11.3. The fourth-order valence-corrected chi connectivity index (χ4v) is 4.18. The van der Waals surface area contributed by atoms with Gasteiger partial charge in [-0.3, -0.25) is 10.1 Å². The van der Waals surface area contributed by atoms with Gasteiger partial charge in [-0.05, 0) is 30.3 Å². The summed E-state index contributed by atoms with van der Waals surface area (Å²) in [6.07, 6.45) is 0. The molecule has 4 aromatic carbocycles. The minimum Gasteiger partial charge on any atom is -0.454 e. The molecule has 11 heteroatoms. The van der Waals surface area contributed by atoms with Crippen LogP contribution in [0.2, 0.25) is 20.1 Å². The number of carbonyl (C=O) groups excluding carboxylic acids is 2. The molecule has 0 heterocycles. The molecule has 35 heavy (non-hydrogen) atoms. The number of anilines is 1. The second-order valence-electron chi connectivity index (χ2n) is 7.06. The summed E-state index contributed by atoms with van der Waals surface area (Å²) >= 11 is 25.2. The van der Waals surface area contributed by atoms with Crippen molar-refractivity contribution in [1.82, 2.24) is 5.32 Å². The molecule has 0 aromatic heterocycles. The zero-order valence-electron chi connectivity index (χ0n) is 17.3. The fraction of sp³-hybridized carbons (Fsp3) is 0. The van der Waals surface area contributed by atoms with Crippen LogP contribution in [0.15, 0.2) is 60.7 Å². The Balaban J connectivity index is 1.58. The molecule has 178 valence electrons. The van der Waals surface area contributed by atoms with Gasteiger partial charge in [0.05, 0.1) is 15.7 Å². The van der Waals surface area contributed by atoms with Gasteiger partial charge in [-0.1, -0.05) is 76.7 Å². The van der Waals surface area contributed by atoms with E-state index >= 15 is 0 Å². The van der Waals surface area contributed by atoms with Crippen LogP contribution in [0.3, 0.4) is 0 Å². The molecular formula is C24H12Cl4F2N2O3. The van der Waals surface area contributed by atoms with Crippen LogP contribution in [-0.2, 0) is 0 Å². The van der Waals surface area contributed by atoms with E-state index in [9.17, 15) is 18.4 Å². The maximum Gasteiger partial charge on any atom is 0.326 e. The number of benzene rings is 4. The molecule has 0 aliphatic rings. The van der Waals surface area contributed by atoms with Gasteiger partial charge in [-0.25, -0.2) is 13.6 Å². The van der Waals surface area contributed by atoms with E-state index in [1.54, 1.807) is 18.2 Å². The van der Waals surface area contributed by atoms with E-state index in [1.165, 1.54) is 6.07 Å². The van der Waals surface area contributed by atoms with Crippen molar-refractivity contribution in [3.05, 3.63) is 98.0 Å². The number of fused-ring (bicyclic) bond motifs is 1. The molecule has 0 aliphatic heterocycles. The minimum atomic E-state index is -1.29. The molecule has 0 unspecified atom stereocenters. The Hall–Kier alpha value is -3.10.